The first kappa shape index (κ1) is 22.4. The number of rotatable bonds is 7. The number of amides is 1. The highest BCUT2D eigenvalue weighted by Crippen LogP contribution is 2.33. The molecule has 1 aliphatic carbocycles. The molecule has 0 saturated heterocycles. The molecule has 168 valence electrons. The summed E-state index contributed by atoms with van der Waals surface area (Å²) in [4.78, 5) is 19.8. The first-order valence-electron chi connectivity index (χ1n) is 11.0. The van der Waals surface area contributed by atoms with E-state index in [-0.39, 0.29) is 11.8 Å². The lowest BCUT2D eigenvalue weighted by Gasteiger charge is -2.32. The van der Waals surface area contributed by atoms with Crippen LogP contribution in [-0.4, -0.2) is 30.0 Å². The van der Waals surface area contributed by atoms with Gasteiger partial charge in [0.2, 0.25) is 5.91 Å². The standard InChI is InChI=1S/C26H29ClN2O3/c1-16-10-17(2)24-20(11-16)13-21(25(27)28-24)15-29(26(30)19-6-5-7-19)14-18-8-9-22(31-3)23(12-18)32-4/h8-13,19H,5-7,14-15H2,1-4H3. The van der Waals surface area contributed by atoms with E-state index in [1.165, 1.54) is 5.56 Å². The first-order chi connectivity index (χ1) is 15.4. The fraction of sp³-hybridized carbons (Fsp3) is 0.385. The van der Waals surface area contributed by atoms with Crippen molar-refractivity contribution in [2.75, 3.05) is 14.2 Å². The van der Waals surface area contributed by atoms with Gasteiger partial charge in [0.15, 0.2) is 11.5 Å². The highest BCUT2D eigenvalue weighted by Gasteiger charge is 2.30. The Morgan fingerprint density at radius 1 is 1.06 bits per heavy atom. The summed E-state index contributed by atoms with van der Waals surface area (Å²) >= 11 is 6.60. The Bertz CT molecular complexity index is 1160. The summed E-state index contributed by atoms with van der Waals surface area (Å²) in [5.74, 6) is 1.58. The summed E-state index contributed by atoms with van der Waals surface area (Å²) in [6.07, 6.45) is 3.00. The molecule has 0 N–H and O–H groups in total. The van der Waals surface area contributed by atoms with Crippen molar-refractivity contribution in [1.82, 2.24) is 9.88 Å². The Morgan fingerprint density at radius 3 is 2.47 bits per heavy atom. The van der Waals surface area contributed by atoms with Crippen molar-refractivity contribution in [1.29, 1.82) is 0 Å². The lowest BCUT2D eigenvalue weighted by atomic mass is 9.84. The summed E-state index contributed by atoms with van der Waals surface area (Å²) < 4.78 is 10.8. The van der Waals surface area contributed by atoms with Crippen molar-refractivity contribution < 1.29 is 14.3 Å². The summed E-state index contributed by atoms with van der Waals surface area (Å²) in [6.45, 7) is 5.00. The van der Waals surface area contributed by atoms with Crippen molar-refractivity contribution in [2.45, 2.75) is 46.2 Å². The van der Waals surface area contributed by atoms with E-state index >= 15 is 0 Å². The second kappa shape index (κ2) is 9.37. The number of carbonyl (C=O) groups is 1. The summed E-state index contributed by atoms with van der Waals surface area (Å²) in [6, 6.07) is 12.1. The highest BCUT2D eigenvalue weighted by atomic mass is 35.5. The van der Waals surface area contributed by atoms with Gasteiger partial charge in [-0.1, -0.05) is 35.7 Å². The smallest absolute Gasteiger partial charge is 0.226 e. The molecule has 4 rings (SSSR count). The number of ether oxygens (including phenoxy) is 2. The van der Waals surface area contributed by atoms with Crippen LogP contribution in [0.1, 0.15) is 41.5 Å². The molecule has 1 amide bonds. The molecule has 0 spiro atoms. The molecule has 0 bridgehead atoms. The topological polar surface area (TPSA) is 51.7 Å². The van der Waals surface area contributed by atoms with Gasteiger partial charge in [-0.05, 0) is 62.1 Å². The van der Waals surface area contributed by atoms with Gasteiger partial charge in [0.25, 0.3) is 0 Å². The van der Waals surface area contributed by atoms with E-state index in [0.29, 0.717) is 29.7 Å². The van der Waals surface area contributed by atoms with Crippen molar-refractivity contribution >= 4 is 28.4 Å². The van der Waals surface area contributed by atoms with Crippen LogP contribution in [0.15, 0.2) is 36.4 Å². The zero-order valence-corrected chi connectivity index (χ0v) is 19.8. The van der Waals surface area contributed by atoms with Gasteiger partial charge in [0, 0.05) is 30.0 Å². The molecule has 0 atom stereocenters. The van der Waals surface area contributed by atoms with Gasteiger partial charge in [0.05, 0.1) is 19.7 Å². The summed E-state index contributed by atoms with van der Waals surface area (Å²) in [7, 11) is 3.23. The number of hydrogen-bond acceptors (Lipinski definition) is 4. The summed E-state index contributed by atoms with van der Waals surface area (Å²) in [5.41, 5.74) is 5.02. The molecule has 0 aliphatic heterocycles. The Hall–Kier alpha value is -2.79. The molecular weight excluding hydrogens is 424 g/mol. The molecule has 0 radical (unpaired) electrons. The van der Waals surface area contributed by atoms with Crippen LogP contribution >= 0.6 is 11.6 Å². The van der Waals surface area contributed by atoms with Crippen LogP contribution < -0.4 is 9.47 Å². The highest BCUT2D eigenvalue weighted by molar-refractivity contribution is 6.30. The zero-order chi connectivity index (χ0) is 22.8. The molecule has 1 aromatic heterocycles. The number of benzene rings is 2. The second-order valence-corrected chi connectivity index (χ2v) is 8.96. The summed E-state index contributed by atoms with van der Waals surface area (Å²) in [5, 5.41) is 1.49. The number of nitrogens with zero attached hydrogens (tertiary/aromatic N) is 2. The third-order valence-corrected chi connectivity index (χ3v) is 6.55. The average Bonchev–Trinajstić information content (AvgIpc) is 2.72. The Morgan fingerprint density at radius 2 is 1.81 bits per heavy atom. The lowest BCUT2D eigenvalue weighted by Crippen LogP contribution is -2.38. The SMILES string of the molecule is COc1ccc(CN(Cc2cc3cc(C)cc(C)c3nc2Cl)C(=O)C2CCC2)cc1OC. The van der Waals surface area contributed by atoms with E-state index in [1.54, 1.807) is 14.2 Å². The lowest BCUT2D eigenvalue weighted by molar-refractivity contribution is -0.139. The van der Waals surface area contributed by atoms with E-state index in [2.05, 4.69) is 30.1 Å². The Balaban J connectivity index is 1.67. The molecule has 1 saturated carbocycles. The fourth-order valence-corrected chi connectivity index (χ4v) is 4.51. The van der Waals surface area contributed by atoms with E-state index < -0.39 is 0 Å². The number of hydrogen-bond donors (Lipinski definition) is 0. The minimum absolute atomic E-state index is 0.0897. The number of aromatic nitrogens is 1. The van der Waals surface area contributed by atoms with Crippen LogP contribution in [0.3, 0.4) is 0 Å². The minimum Gasteiger partial charge on any atom is -0.493 e. The number of fused-ring (bicyclic) bond motifs is 1. The largest absolute Gasteiger partial charge is 0.493 e. The van der Waals surface area contributed by atoms with E-state index in [9.17, 15) is 4.79 Å². The maximum atomic E-state index is 13.3. The predicted molar refractivity (Wildman–Crippen MR) is 127 cm³/mol. The average molecular weight is 453 g/mol. The van der Waals surface area contributed by atoms with E-state index in [4.69, 9.17) is 21.1 Å². The van der Waals surface area contributed by atoms with Crippen molar-refractivity contribution in [2.24, 2.45) is 5.92 Å². The van der Waals surface area contributed by atoms with Crippen LogP contribution in [0, 0.1) is 19.8 Å². The number of aryl methyl sites for hydroxylation is 2. The van der Waals surface area contributed by atoms with Gasteiger partial charge in [-0.2, -0.15) is 0 Å². The van der Waals surface area contributed by atoms with Gasteiger partial charge in [-0.3, -0.25) is 4.79 Å². The van der Waals surface area contributed by atoms with Crippen LogP contribution in [0.5, 0.6) is 11.5 Å². The van der Waals surface area contributed by atoms with Gasteiger partial charge in [-0.15, -0.1) is 0 Å². The maximum absolute atomic E-state index is 13.3. The molecule has 6 heteroatoms. The third kappa shape index (κ3) is 4.53. The van der Waals surface area contributed by atoms with Crippen molar-refractivity contribution in [3.63, 3.8) is 0 Å². The monoisotopic (exact) mass is 452 g/mol. The third-order valence-electron chi connectivity index (χ3n) is 6.23. The molecule has 1 fully saturated rings. The van der Waals surface area contributed by atoms with Crippen LogP contribution in [0.2, 0.25) is 5.15 Å². The van der Waals surface area contributed by atoms with Crippen molar-refractivity contribution in [3.05, 3.63) is 63.8 Å². The number of halogens is 1. The van der Waals surface area contributed by atoms with Gasteiger partial charge >= 0.3 is 0 Å². The normalized spacial score (nSPS) is 13.7. The molecule has 1 heterocycles. The number of carbonyl (C=O) groups excluding carboxylic acids is 1. The Labute approximate surface area is 194 Å². The van der Waals surface area contributed by atoms with Crippen LogP contribution in [0.4, 0.5) is 0 Å². The van der Waals surface area contributed by atoms with Crippen LogP contribution in [-0.2, 0) is 17.9 Å². The first-order valence-corrected chi connectivity index (χ1v) is 11.3. The predicted octanol–water partition coefficient (Wildman–Crippen LogP) is 5.85. The van der Waals surface area contributed by atoms with Crippen molar-refractivity contribution in [3.8, 4) is 11.5 Å². The van der Waals surface area contributed by atoms with Gasteiger partial charge in [0.1, 0.15) is 5.15 Å². The van der Waals surface area contributed by atoms with E-state index in [0.717, 1.165) is 46.9 Å². The molecule has 0 unspecified atom stereocenters. The molecule has 32 heavy (non-hydrogen) atoms. The Kier molecular flexibility index (Phi) is 6.56. The maximum Gasteiger partial charge on any atom is 0.226 e. The molecule has 2 aromatic carbocycles. The zero-order valence-electron chi connectivity index (χ0n) is 19.1. The molecule has 5 nitrogen and oxygen atoms in total. The van der Waals surface area contributed by atoms with Gasteiger partial charge < -0.3 is 14.4 Å². The number of pyridine rings is 1. The number of methoxy groups -OCH3 is 2. The molecular formula is C26H29ClN2O3. The minimum atomic E-state index is 0.0897. The second-order valence-electron chi connectivity index (χ2n) is 8.60. The molecule has 1 aliphatic rings. The van der Waals surface area contributed by atoms with Gasteiger partial charge in [-0.25, -0.2) is 4.98 Å². The van der Waals surface area contributed by atoms with E-state index in [1.807, 2.05) is 30.0 Å². The fourth-order valence-electron chi connectivity index (χ4n) is 4.31. The molecule has 3 aromatic rings. The quantitative estimate of drug-likeness (QED) is 0.422. The van der Waals surface area contributed by atoms with Crippen LogP contribution in [0.25, 0.3) is 10.9 Å².